The molecular weight excluding hydrogens is 375 g/mol. The molecule has 0 unspecified atom stereocenters. The molecule has 0 aliphatic carbocycles. The molecule has 1 heterocycles. The lowest BCUT2D eigenvalue weighted by molar-refractivity contribution is -0.137. The number of nitrogens with two attached hydrogens (primary N) is 1. The fourth-order valence-corrected chi connectivity index (χ4v) is 3.77. The highest BCUT2D eigenvalue weighted by Crippen LogP contribution is 2.33. The first-order valence-corrected chi connectivity index (χ1v) is 9.37. The summed E-state index contributed by atoms with van der Waals surface area (Å²) in [5, 5.41) is 0.649. The van der Waals surface area contributed by atoms with Crippen LogP contribution in [0.2, 0.25) is 0 Å². The molecule has 0 spiro atoms. The minimum atomic E-state index is -4.39. The Labute approximate surface area is 158 Å². The third kappa shape index (κ3) is 4.27. The van der Waals surface area contributed by atoms with Crippen LogP contribution < -0.4 is 5.73 Å². The highest BCUT2D eigenvalue weighted by Gasteiger charge is 2.31. The second-order valence-corrected chi connectivity index (χ2v) is 7.04. The number of carbonyl (C=O) groups excluding carboxylic acids is 1. The van der Waals surface area contributed by atoms with E-state index in [2.05, 4.69) is 4.98 Å². The van der Waals surface area contributed by atoms with Crippen molar-refractivity contribution in [2.45, 2.75) is 37.0 Å². The van der Waals surface area contributed by atoms with Crippen LogP contribution in [-0.4, -0.2) is 15.5 Å². The predicted octanol–water partition coefficient (Wildman–Crippen LogP) is 4.86. The fourth-order valence-electron chi connectivity index (χ4n) is 2.79. The summed E-state index contributed by atoms with van der Waals surface area (Å²) < 4.78 is 40.9. The number of aryl methyl sites for hydroxylation is 1. The molecule has 0 atom stereocenters. The number of imidazole rings is 1. The van der Waals surface area contributed by atoms with Crippen LogP contribution in [-0.2, 0) is 18.5 Å². The summed E-state index contributed by atoms with van der Waals surface area (Å²) in [6.45, 7) is 2.53. The zero-order chi connectivity index (χ0) is 19.6. The Morgan fingerprint density at radius 2 is 2.00 bits per heavy atom. The van der Waals surface area contributed by atoms with Crippen LogP contribution in [0.25, 0.3) is 11.0 Å². The van der Waals surface area contributed by atoms with Crippen LogP contribution in [0, 0.1) is 0 Å². The number of rotatable bonds is 6. The molecule has 0 fully saturated rings. The molecule has 142 valence electrons. The summed E-state index contributed by atoms with van der Waals surface area (Å²) >= 11 is 1.42. The van der Waals surface area contributed by atoms with Crippen LogP contribution in [0.4, 0.5) is 13.2 Å². The standard InChI is InChI=1S/C19H18F3N3OS/c1-2-8-25-16-10-14(19(20,21)22)6-7-15(16)24-18(25)27-11-12-4-3-5-13(9-12)17(23)26/h3-7,9-10H,2,8,11H2,1H3,(H2,23,26). The number of nitrogens with zero attached hydrogens (tertiary/aromatic N) is 2. The van der Waals surface area contributed by atoms with Crippen LogP contribution in [0.1, 0.15) is 34.8 Å². The van der Waals surface area contributed by atoms with Gasteiger partial charge >= 0.3 is 6.18 Å². The van der Waals surface area contributed by atoms with Crippen molar-refractivity contribution < 1.29 is 18.0 Å². The smallest absolute Gasteiger partial charge is 0.366 e. The van der Waals surface area contributed by atoms with E-state index >= 15 is 0 Å². The van der Waals surface area contributed by atoms with E-state index in [9.17, 15) is 18.0 Å². The van der Waals surface area contributed by atoms with E-state index in [4.69, 9.17) is 5.73 Å². The first kappa shape index (κ1) is 19.3. The Kier molecular flexibility index (Phi) is 5.46. The molecule has 0 saturated heterocycles. The number of amides is 1. The second kappa shape index (κ2) is 7.64. The van der Waals surface area contributed by atoms with Gasteiger partial charge in [0, 0.05) is 17.9 Å². The Morgan fingerprint density at radius 3 is 2.67 bits per heavy atom. The minimum absolute atomic E-state index is 0.421. The Morgan fingerprint density at radius 1 is 1.22 bits per heavy atom. The number of halogens is 3. The first-order chi connectivity index (χ1) is 12.8. The molecule has 8 heteroatoms. The van der Waals surface area contributed by atoms with Crippen LogP contribution in [0.15, 0.2) is 47.6 Å². The maximum Gasteiger partial charge on any atom is 0.416 e. The minimum Gasteiger partial charge on any atom is -0.366 e. The van der Waals surface area contributed by atoms with E-state index in [0.29, 0.717) is 34.1 Å². The van der Waals surface area contributed by atoms with Gasteiger partial charge in [-0.05, 0) is 42.3 Å². The normalized spacial score (nSPS) is 11.9. The van der Waals surface area contributed by atoms with E-state index < -0.39 is 17.6 Å². The number of hydrogen-bond donors (Lipinski definition) is 1. The molecule has 3 rings (SSSR count). The van der Waals surface area contributed by atoms with E-state index in [-0.39, 0.29) is 0 Å². The summed E-state index contributed by atoms with van der Waals surface area (Å²) in [4.78, 5) is 15.8. The number of primary amides is 1. The predicted molar refractivity (Wildman–Crippen MR) is 99.5 cm³/mol. The molecule has 1 aromatic heterocycles. The van der Waals surface area contributed by atoms with Gasteiger partial charge in [0.2, 0.25) is 5.91 Å². The van der Waals surface area contributed by atoms with Gasteiger partial charge in [0.05, 0.1) is 16.6 Å². The van der Waals surface area contributed by atoms with Gasteiger partial charge in [0.15, 0.2) is 5.16 Å². The third-order valence-electron chi connectivity index (χ3n) is 4.07. The highest BCUT2D eigenvalue weighted by atomic mass is 32.2. The number of thioether (sulfide) groups is 1. The number of benzene rings is 2. The molecule has 27 heavy (non-hydrogen) atoms. The van der Waals surface area contributed by atoms with Crippen molar-refractivity contribution in [1.82, 2.24) is 9.55 Å². The molecule has 0 bridgehead atoms. The van der Waals surface area contributed by atoms with E-state index in [0.717, 1.165) is 24.1 Å². The third-order valence-corrected chi connectivity index (χ3v) is 5.11. The van der Waals surface area contributed by atoms with E-state index in [1.165, 1.54) is 17.8 Å². The number of carbonyl (C=O) groups is 1. The topological polar surface area (TPSA) is 60.9 Å². The zero-order valence-electron chi connectivity index (χ0n) is 14.6. The Balaban J connectivity index is 1.92. The largest absolute Gasteiger partial charge is 0.416 e. The lowest BCUT2D eigenvalue weighted by Crippen LogP contribution is -2.10. The van der Waals surface area contributed by atoms with Gasteiger partial charge in [0.1, 0.15) is 0 Å². The van der Waals surface area contributed by atoms with E-state index in [1.807, 2.05) is 17.6 Å². The summed E-state index contributed by atoms with van der Waals surface area (Å²) in [5.74, 6) is 0.0278. The van der Waals surface area contributed by atoms with Crippen LogP contribution >= 0.6 is 11.8 Å². The average molecular weight is 393 g/mol. The van der Waals surface area contributed by atoms with Crippen molar-refractivity contribution in [2.24, 2.45) is 5.73 Å². The molecule has 2 aromatic carbocycles. The second-order valence-electron chi connectivity index (χ2n) is 6.10. The van der Waals surface area contributed by atoms with Crippen molar-refractivity contribution in [3.8, 4) is 0 Å². The van der Waals surface area contributed by atoms with Crippen molar-refractivity contribution in [3.05, 3.63) is 59.2 Å². The van der Waals surface area contributed by atoms with Gasteiger partial charge in [0.25, 0.3) is 0 Å². The van der Waals surface area contributed by atoms with Crippen molar-refractivity contribution in [3.63, 3.8) is 0 Å². The number of aromatic nitrogens is 2. The van der Waals surface area contributed by atoms with Crippen LogP contribution in [0.3, 0.4) is 0 Å². The van der Waals surface area contributed by atoms with E-state index in [1.54, 1.807) is 18.2 Å². The van der Waals surface area contributed by atoms with Gasteiger partial charge in [-0.2, -0.15) is 13.2 Å². The van der Waals surface area contributed by atoms with Gasteiger partial charge in [-0.15, -0.1) is 0 Å². The Bertz CT molecular complexity index is 982. The fraction of sp³-hybridized carbons (Fsp3) is 0.263. The molecule has 1 amide bonds. The van der Waals surface area contributed by atoms with Gasteiger partial charge in [-0.3, -0.25) is 4.79 Å². The van der Waals surface area contributed by atoms with Crippen LogP contribution in [0.5, 0.6) is 0 Å². The molecule has 2 N–H and O–H groups in total. The lowest BCUT2D eigenvalue weighted by atomic mass is 10.1. The molecule has 0 aliphatic heterocycles. The maximum absolute atomic E-state index is 13.0. The maximum atomic E-state index is 13.0. The summed E-state index contributed by atoms with van der Waals surface area (Å²) in [7, 11) is 0. The van der Waals surface area contributed by atoms with Gasteiger partial charge < -0.3 is 10.3 Å². The lowest BCUT2D eigenvalue weighted by Gasteiger charge is -2.10. The molecule has 0 saturated carbocycles. The Hall–Kier alpha value is -2.48. The molecule has 0 aliphatic rings. The van der Waals surface area contributed by atoms with Gasteiger partial charge in [-0.25, -0.2) is 4.98 Å². The molecule has 3 aromatic rings. The zero-order valence-corrected chi connectivity index (χ0v) is 15.4. The monoisotopic (exact) mass is 393 g/mol. The summed E-state index contributed by atoms with van der Waals surface area (Å²) in [6, 6.07) is 10.6. The number of alkyl halides is 3. The SMILES string of the molecule is CCCn1c(SCc2cccc(C(N)=O)c2)nc2ccc(C(F)(F)F)cc21. The molecular formula is C19H18F3N3OS. The first-order valence-electron chi connectivity index (χ1n) is 8.38. The summed E-state index contributed by atoms with van der Waals surface area (Å²) in [5.41, 5.74) is 6.93. The number of hydrogen-bond acceptors (Lipinski definition) is 3. The molecule has 4 nitrogen and oxygen atoms in total. The highest BCUT2D eigenvalue weighted by molar-refractivity contribution is 7.98. The quantitative estimate of drug-likeness (QED) is 0.609. The molecule has 0 radical (unpaired) electrons. The van der Waals surface area contributed by atoms with Crippen molar-refractivity contribution in [2.75, 3.05) is 0 Å². The average Bonchev–Trinajstić information content (AvgIpc) is 2.97. The van der Waals surface area contributed by atoms with Crippen molar-refractivity contribution >= 4 is 28.7 Å². The summed E-state index contributed by atoms with van der Waals surface area (Å²) in [6.07, 6.45) is -3.62. The van der Waals surface area contributed by atoms with Gasteiger partial charge in [-0.1, -0.05) is 30.8 Å². The van der Waals surface area contributed by atoms with Crippen molar-refractivity contribution in [1.29, 1.82) is 0 Å². The number of fused-ring (bicyclic) bond motifs is 1.